The summed E-state index contributed by atoms with van der Waals surface area (Å²) in [7, 11) is 0. The van der Waals surface area contributed by atoms with Crippen LogP contribution < -0.4 is 0 Å². The third kappa shape index (κ3) is 4.84. The first-order valence-electron chi connectivity index (χ1n) is 15.7. The van der Waals surface area contributed by atoms with Crippen LogP contribution >= 0.6 is 0 Å². The van der Waals surface area contributed by atoms with Crippen LogP contribution in [0.3, 0.4) is 0 Å². The van der Waals surface area contributed by atoms with E-state index in [-0.39, 0.29) is 0 Å². The first-order valence-corrected chi connectivity index (χ1v) is 15.7. The molecule has 9 rings (SSSR count). The van der Waals surface area contributed by atoms with Crippen LogP contribution in [0.25, 0.3) is 89.1 Å². The van der Waals surface area contributed by atoms with Crippen LogP contribution in [0.5, 0.6) is 0 Å². The van der Waals surface area contributed by atoms with Crippen molar-refractivity contribution in [3.63, 3.8) is 0 Å². The smallest absolute Gasteiger partial charge is 0.162 e. The van der Waals surface area contributed by atoms with Crippen LogP contribution in [-0.2, 0) is 0 Å². The van der Waals surface area contributed by atoms with E-state index in [9.17, 15) is 0 Å². The van der Waals surface area contributed by atoms with Crippen molar-refractivity contribution in [3.05, 3.63) is 164 Å². The van der Waals surface area contributed by atoms with Gasteiger partial charge in [0.2, 0.25) is 0 Å². The average Bonchev–Trinajstić information content (AvgIpc) is 3.55. The van der Waals surface area contributed by atoms with Crippen molar-refractivity contribution < 1.29 is 4.42 Å². The highest BCUT2D eigenvalue weighted by molar-refractivity contribution is 6.20. The minimum Gasteiger partial charge on any atom is -0.454 e. The van der Waals surface area contributed by atoms with E-state index in [2.05, 4.69) is 115 Å². The first-order chi connectivity index (χ1) is 23.3. The average molecular weight is 602 g/mol. The molecule has 3 heterocycles. The lowest BCUT2D eigenvalue weighted by atomic mass is 10.0. The summed E-state index contributed by atoms with van der Waals surface area (Å²) in [6.07, 6.45) is 0. The fourth-order valence-corrected chi connectivity index (χ4v) is 6.38. The Morgan fingerprint density at radius 1 is 0.383 bits per heavy atom. The molecule has 0 bridgehead atoms. The van der Waals surface area contributed by atoms with Gasteiger partial charge in [-0.3, -0.25) is 0 Å². The molecule has 0 radical (unpaired) electrons. The second-order valence-electron chi connectivity index (χ2n) is 11.6. The van der Waals surface area contributed by atoms with Gasteiger partial charge in [0, 0.05) is 38.4 Å². The Morgan fingerprint density at radius 2 is 0.936 bits per heavy atom. The molecule has 0 N–H and O–H groups in total. The lowest BCUT2D eigenvalue weighted by Crippen LogP contribution is -1.96. The number of hydrogen-bond donors (Lipinski definition) is 0. The monoisotopic (exact) mass is 601 g/mol. The second-order valence-corrected chi connectivity index (χ2v) is 11.6. The molecule has 0 saturated heterocycles. The molecule has 0 saturated carbocycles. The van der Waals surface area contributed by atoms with Gasteiger partial charge in [-0.25, -0.2) is 15.0 Å². The van der Waals surface area contributed by atoms with Gasteiger partial charge in [0.1, 0.15) is 11.3 Å². The van der Waals surface area contributed by atoms with Gasteiger partial charge >= 0.3 is 0 Å². The van der Waals surface area contributed by atoms with Crippen molar-refractivity contribution in [2.45, 2.75) is 0 Å². The number of furan rings is 1. The van der Waals surface area contributed by atoms with Crippen molar-refractivity contribution in [2.24, 2.45) is 0 Å². The first kappa shape index (κ1) is 27.0. The summed E-state index contributed by atoms with van der Waals surface area (Å²) in [5.74, 6) is 0.650. The minimum absolute atomic E-state index is 0.650. The molecule has 9 aromatic rings. The van der Waals surface area contributed by atoms with E-state index in [1.54, 1.807) is 0 Å². The number of pyridine rings is 1. The zero-order chi connectivity index (χ0) is 31.2. The van der Waals surface area contributed by atoms with Crippen LogP contribution in [-0.4, -0.2) is 15.0 Å². The van der Waals surface area contributed by atoms with Crippen LogP contribution in [0, 0.1) is 0 Å². The Balaban J connectivity index is 1.20. The number of aromatic nitrogens is 3. The fourth-order valence-electron chi connectivity index (χ4n) is 6.38. The molecule has 0 amide bonds. The molecule has 0 spiro atoms. The molecule has 47 heavy (non-hydrogen) atoms. The van der Waals surface area contributed by atoms with Gasteiger partial charge in [0.25, 0.3) is 0 Å². The SMILES string of the molecule is c1ccc(-c2ccc(-c3cc(-c4ccccc4)nc(-c4cccc(-c5nc6ccccc6c6c5oc5ccccc56)c4)n3)cc2)cc1. The van der Waals surface area contributed by atoms with Gasteiger partial charge < -0.3 is 4.42 Å². The number of nitrogens with zero attached hydrogens (tertiary/aromatic N) is 3. The number of para-hydroxylation sites is 2. The van der Waals surface area contributed by atoms with Crippen molar-refractivity contribution in [2.75, 3.05) is 0 Å². The maximum absolute atomic E-state index is 6.49. The molecule has 0 aliphatic rings. The third-order valence-corrected chi connectivity index (χ3v) is 8.69. The summed E-state index contributed by atoms with van der Waals surface area (Å²) in [4.78, 5) is 15.4. The second kappa shape index (κ2) is 11.2. The highest BCUT2D eigenvalue weighted by Gasteiger charge is 2.18. The van der Waals surface area contributed by atoms with E-state index in [0.717, 1.165) is 72.2 Å². The lowest BCUT2D eigenvalue weighted by molar-refractivity contribution is 0.669. The normalized spacial score (nSPS) is 11.4. The zero-order valence-corrected chi connectivity index (χ0v) is 25.3. The van der Waals surface area contributed by atoms with Gasteiger partial charge in [-0.1, -0.05) is 140 Å². The van der Waals surface area contributed by atoms with Gasteiger partial charge in [-0.05, 0) is 35.4 Å². The molecule has 4 heteroatoms. The highest BCUT2D eigenvalue weighted by Crippen LogP contribution is 2.40. The summed E-state index contributed by atoms with van der Waals surface area (Å²) in [5, 5.41) is 3.24. The molecular weight excluding hydrogens is 574 g/mol. The topological polar surface area (TPSA) is 51.8 Å². The predicted octanol–water partition coefficient (Wildman–Crippen LogP) is 11.3. The molecule has 0 aliphatic carbocycles. The van der Waals surface area contributed by atoms with Gasteiger partial charge in [0.15, 0.2) is 11.4 Å². The molecule has 0 atom stereocenters. The summed E-state index contributed by atoms with van der Waals surface area (Å²) in [6, 6.07) is 56.1. The summed E-state index contributed by atoms with van der Waals surface area (Å²) < 4.78 is 6.49. The molecule has 6 aromatic carbocycles. The van der Waals surface area contributed by atoms with E-state index >= 15 is 0 Å². The summed E-state index contributed by atoms with van der Waals surface area (Å²) >= 11 is 0. The Bertz CT molecular complexity index is 2550. The maximum atomic E-state index is 6.49. The van der Waals surface area contributed by atoms with Crippen LogP contribution in [0.15, 0.2) is 168 Å². The Labute approximate surface area is 271 Å². The van der Waals surface area contributed by atoms with Crippen molar-refractivity contribution in [1.82, 2.24) is 15.0 Å². The van der Waals surface area contributed by atoms with E-state index in [1.165, 1.54) is 11.1 Å². The maximum Gasteiger partial charge on any atom is 0.162 e. The van der Waals surface area contributed by atoms with Crippen LogP contribution in [0.2, 0.25) is 0 Å². The molecular formula is C43H27N3O. The lowest BCUT2D eigenvalue weighted by Gasteiger charge is -2.11. The number of rotatable bonds is 5. The van der Waals surface area contributed by atoms with E-state index in [1.807, 2.05) is 48.5 Å². The van der Waals surface area contributed by atoms with Crippen LogP contribution in [0.4, 0.5) is 0 Å². The largest absolute Gasteiger partial charge is 0.454 e. The van der Waals surface area contributed by atoms with Crippen LogP contribution in [0.1, 0.15) is 0 Å². The quantitative estimate of drug-likeness (QED) is 0.197. The standard InChI is InChI=1S/C43H27N3O/c1-3-12-28(13-4-1)29-22-24-31(25-23-29)38-27-37(30-14-5-2-6-15-30)45-43(46-38)33-17-11-16-32(26-33)41-42-40(34-18-7-9-20-36(34)44-41)35-19-8-10-21-39(35)47-42/h1-27H. The van der Waals surface area contributed by atoms with Gasteiger partial charge in [0.05, 0.1) is 16.9 Å². The van der Waals surface area contributed by atoms with E-state index in [0.29, 0.717) is 5.82 Å². The predicted molar refractivity (Wildman–Crippen MR) is 192 cm³/mol. The number of benzene rings is 6. The van der Waals surface area contributed by atoms with Gasteiger partial charge in [-0.2, -0.15) is 0 Å². The molecule has 4 nitrogen and oxygen atoms in total. The summed E-state index contributed by atoms with van der Waals surface area (Å²) in [5.41, 5.74) is 11.3. The van der Waals surface area contributed by atoms with E-state index < -0.39 is 0 Å². The molecule has 0 unspecified atom stereocenters. The molecule has 220 valence electrons. The Kier molecular flexibility index (Phi) is 6.43. The molecule has 3 aromatic heterocycles. The Morgan fingerprint density at radius 3 is 1.70 bits per heavy atom. The zero-order valence-electron chi connectivity index (χ0n) is 25.3. The summed E-state index contributed by atoms with van der Waals surface area (Å²) in [6.45, 7) is 0. The van der Waals surface area contributed by atoms with Crippen molar-refractivity contribution in [3.8, 4) is 56.3 Å². The van der Waals surface area contributed by atoms with Crippen molar-refractivity contribution >= 4 is 32.8 Å². The van der Waals surface area contributed by atoms with Gasteiger partial charge in [-0.15, -0.1) is 0 Å². The molecule has 0 aliphatic heterocycles. The number of fused-ring (bicyclic) bond motifs is 5. The molecule has 0 fully saturated rings. The van der Waals surface area contributed by atoms with Crippen molar-refractivity contribution in [1.29, 1.82) is 0 Å². The number of hydrogen-bond acceptors (Lipinski definition) is 4. The highest BCUT2D eigenvalue weighted by atomic mass is 16.3. The fraction of sp³-hybridized carbons (Fsp3) is 0. The minimum atomic E-state index is 0.650. The third-order valence-electron chi connectivity index (χ3n) is 8.69. The Hall–Kier alpha value is -6.39. The van der Waals surface area contributed by atoms with E-state index in [4.69, 9.17) is 19.4 Å².